The highest BCUT2D eigenvalue weighted by Crippen LogP contribution is 2.18. The first-order valence-electron chi connectivity index (χ1n) is 6.27. The van der Waals surface area contributed by atoms with E-state index in [1.54, 1.807) is 0 Å². The third kappa shape index (κ3) is 2.67. The van der Waals surface area contributed by atoms with Gasteiger partial charge in [0.2, 0.25) is 0 Å². The average Bonchev–Trinajstić information content (AvgIpc) is 2.84. The SMILES string of the molecule is CCCN(CCC)C(=O)c1ccc2snnc2c1. The molecule has 1 aromatic heterocycles. The van der Waals surface area contributed by atoms with Crippen LogP contribution in [-0.4, -0.2) is 33.5 Å². The summed E-state index contributed by atoms with van der Waals surface area (Å²) in [6.07, 6.45) is 1.96. The van der Waals surface area contributed by atoms with Gasteiger partial charge in [-0.2, -0.15) is 0 Å². The van der Waals surface area contributed by atoms with Crippen molar-refractivity contribution in [2.24, 2.45) is 0 Å². The largest absolute Gasteiger partial charge is 0.339 e. The van der Waals surface area contributed by atoms with Crippen LogP contribution in [0.25, 0.3) is 10.2 Å². The smallest absolute Gasteiger partial charge is 0.253 e. The van der Waals surface area contributed by atoms with E-state index in [9.17, 15) is 4.79 Å². The van der Waals surface area contributed by atoms with Gasteiger partial charge in [0.25, 0.3) is 5.91 Å². The summed E-state index contributed by atoms with van der Waals surface area (Å²) in [5, 5.41) is 4.01. The topological polar surface area (TPSA) is 46.1 Å². The normalized spacial score (nSPS) is 10.8. The van der Waals surface area contributed by atoms with Crippen molar-refractivity contribution in [3.05, 3.63) is 23.8 Å². The number of nitrogens with zero attached hydrogens (tertiary/aromatic N) is 3. The lowest BCUT2D eigenvalue weighted by molar-refractivity contribution is 0.0755. The van der Waals surface area contributed by atoms with Gasteiger partial charge in [-0.05, 0) is 42.6 Å². The van der Waals surface area contributed by atoms with Crippen LogP contribution in [0.5, 0.6) is 0 Å². The second kappa shape index (κ2) is 5.91. The monoisotopic (exact) mass is 263 g/mol. The number of carbonyl (C=O) groups is 1. The second-order valence-electron chi connectivity index (χ2n) is 4.25. The van der Waals surface area contributed by atoms with Crippen LogP contribution in [-0.2, 0) is 0 Å². The number of amides is 1. The van der Waals surface area contributed by atoms with Crippen LogP contribution in [0.4, 0.5) is 0 Å². The third-order valence-corrected chi connectivity index (χ3v) is 3.47. The molecule has 1 aromatic carbocycles. The molecule has 0 saturated carbocycles. The van der Waals surface area contributed by atoms with E-state index in [1.165, 1.54) is 11.5 Å². The predicted molar refractivity (Wildman–Crippen MR) is 73.9 cm³/mol. The summed E-state index contributed by atoms with van der Waals surface area (Å²) in [6, 6.07) is 5.62. The third-order valence-electron chi connectivity index (χ3n) is 2.77. The van der Waals surface area contributed by atoms with Crippen molar-refractivity contribution in [3.63, 3.8) is 0 Å². The lowest BCUT2D eigenvalue weighted by Gasteiger charge is -2.21. The molecule has 5 heteroatoms. The Balaban J connectivity index is 2.24. The fourth-order valence-electron chi connectivity index (χ4n) is 1.95. The summed E-state index contributed by atoms with van der Waals surface area (Å²) in [5.41, 5.74) is 1.51. The highest BCUT2D eigenvalue weighted by atomic mass is 32.1. The molecule has 0 atom stereocenters. The van der Waals surface area contributed by atoms with E-state index in [0.717, 1.165) is 36.1 Å². The number of benzene rings is 1. The Hall–Kier alpha value is -1.49. The number of hydrogen-bond acceptors (Lipinski definition) is 4. The zero-order valence-electron chi connectivity index (χ0n) is 10.7. The van der Waals surface area contributed by atoms with E-state index < -0.39 is 0 Å². The molecule has 4 nitrogen and oxygen atoms in total. The Morgan fingerprint density at radius 3 is 2.67 bits per heavy atom. The van der Waals surface area contributed by atoms with Gasteiger partial charge < -0.3 is 4.90 Å². The Kier molecular flexibility index (Phi) is 4.25. The van der Waals surface area contributed by atoms with Crippen LogP contribution in [0, 0.1) is 0 Å². The summed E-state index contributed by atoms with van der Waals surface area (Å²) in [7, 11) is 0. The minimum atomic E-state index is 0.0913. The van der Waals surface area contributed by atoms with Gasteiger partial charge in [-0.15, -0.1) is 5.10 Å². The predicted octanol–water partition coefficient (Wildman–Crippen LogP) is 2.95. The van der Waals surface area contributed by atoms with Gasteiger partial charge in [0, 0.05) is 18.7 Å². The lowest BCUT2D eigenvalue weighted by Crippen LogP contribution is -2.32. The summed E-state index contributed by atoms with van der Waals surface area (Å²) >= 11 is 1.35. The van der Waals surface area contributed by atoms with E-state index in [4.69, 9.17) is 0 Å². The molecule has 0 aliphatic carbocycles. The summed E-state index contributed by atoms with van der Waals surface area (Å²) < 4.78 is 4.90. The zero-order valence-corrected chi connectivity index (χ0v) is 11.5. The van der Waals surface area contributed by atoms with Crippen LogP contribution in [0.1, 0.15) is 37.0 Å². The molecular weight excluding hydrogens is 246 g/mol. The molecule has 0 fully saturated rings. The van der Waals surface area contributed by atoms with Crippen molar-refractivity contribution < 1.29 is 4.79 Å². The minimum absolute atomic E-state index is 0.0913. The van der Waals surface area contributed by atoms with Gasteiger partial charge in [-0.25, -0.2) is 0 Å². The van der Waals surface area contributed by atoms with Gasteiger partial charge in [-0.3, -0.25) is 4.79 Å². The molecule has 0 unspecified atom stereocenters. The van der Waals surface area contributed by atoms with Crippen LogP contribution < -0.4 is 0 Å². The van der Waals surface area contributed by atoms with Crippen molar-refractivity contribution in [2.45, 2.75) is 26.7 Å². The molecule has 2 aromatic rings. The quantitative estimate of drug-likeness (QED) is 0.833. The van der Waals surface area contributed by atoms with Crippen molar-refractivity contribution in [1.82, 2.24) is 14.5 Å². The Morgan fingerprint density at radius 1 is 1.28 bits per heavy atom. The fraction of sp³-hybridized carbons (Fsp3) is 0.462. The molecule has 0 spiro atoms. The maximum Gasteiger partial charge on any atom is 0.253 e. The summed E-state index contributed by atoms with van der Waals surface area (Å²) in [5.74, 6) is 0.0913. The first kappa shape index (κ1) is 13.0. The van der Waals surface area contributed by atoms with Crippen LogP contribution >= 0.6 is 11.5 Å². The first-order chi connectivity index (χ1) is 8.76. The van der Waals surface area contributed by atoms with Gasteiger partial charge in [0.05, 0.1) is 4.70 Å². The van der Waals surface area contributed by atoms with E-state index in [1.807, 2.05) is 23.1 Å². The average molecular weight is 263 g/mol. The molecule has 96 valence electrons. The number of fused-ring (bicyclic) bond motifs is 1. The second-order valence-corrected chi connectivity index (χ2v) is 5.03. The molecule has 0 saturated heterocycles. The van der Waals surface area contributed by atoms with Crippen molar-refractivity contribution in [1.29, 1.82) is 0 Å². The number of carbonyl (C=O) groups excluding carboxylic acids is 1. The standard InChI is InChI=1S/C13H17N3OS/c1-3-7-16(8-4-2)13(17)10-5-6-12-11(9-10)14-15-18-12/h5-6,9H,3-4,7-8H2,1-2H3. The van der Waals surface area contributed by atoms with E-state index >= 15 is 0 Å². The van der Waals surface area contributed by atoms with Gasteiger partial charge in [0.1, 0.15) is 5.52 Å². The molecule has 0 N–H and O–H groups in total. The maximum absolute atomic E-state index is 12.4. The molecular formula is C13H17N3OS. The molecule has 2 rings (SSSR count). The van der Waals surface area contributed by atoms with Gasteiger partial charge in [-0.1, -0.05) is 18.3 Å². The van der Waals surface area contributed by atoms with Crippen molar-refractivity contribution in [2.75, 3.05) is 13.1 Å². The molecule has 1 heterocycles. The number of hydrogen-bond donors (Lipinski definition) is 0. The van der Waals surface area contributed by atoms with Gasteiger partial charge in [0.15, 0.2) is 0 Å². The molecule has 0 bridgehead atoms. The Labute approximate surface area is 111 Å². The van der Waals surface area contributed by atoms with Crippen LogP contribution in [0.3, 0.4) is 0 Å². The zero-order chi connectivity index (χ0) is 13.0. The summed E-state index contributed by atoms with van der Waals surface area (Å²) in [4.78, 5) is 14.3. The molecule has 18 heavy (non-hydrogen) atoms. The van der Waals surface area contributed by atoms with E-state index in [0.29, 0.717) is 5.56 Å². The maximum atomic E-state index is 12.4. The number of aromatic nitrogens is 2. The molecule has 1 amide bonds. The Bertz CT molecular complexity index is 532. The first-order valence-corrected chi connectivity index (χ1v) is 7.05. The van der Waals surface area contributed by atoms with Gasteiger partial charge >= 0.3 is 0 Å². The minimum Gasteiger partial charge on any atom is -0.339 e. The van der Waals surface area contributed by atoms with Crippen LogP contribution in [0.15, 0.2) is 18.2 Å². The fourth-order valence-corrected chi connectivity index (χ4v) is 2.49. The lowest BCUT2D eigenvalue weighted by atomic mass is 10.1. The number of rotatable bonds is 5. The van der Waals surface area contributed by atoms with E-state index in [2.05, 4.69) is 23.4 Å². The highest BCUT2D eigenvalue weighted by molar-refractivity contribution is 7.12. The van der Waals surface area contributed by atoms with E-state index in [-0.39, 0.29) is 5.91 Å². The van der Waals surface area contributed by atoms with Crippen LogP contribution in [0.2, 0.25) is 0 Å². The molecule has 0 aliphatic heterocycles. The Morgan fingerprint density at radius 2 is 2.00 bits per heavy atom. The molecule has 0 radical (unpaired) electrons. The summed E-state index contributed by atoms with van der Waals surface area (Å²) in [6.45, 7) is 5.78. The van der Waals surface area contributed by atoms with Crippen molar-refractivity contribution >= 4 is 27.7 Å². The molecule has 0 aliphatic rings. The van der Waals surface area contributed by atoms with Crippen molar-refractivity contribution in [3.8, 4) is 0 Å². The highest BCUT2D eigenvalue weighted by Gasteiger charge is 2.15.